The molecule has 1 aromatic carbocycles. The molecule has 0 unspecified atom stereocenters. The Morgan fingerprint density at radius 2 is 1.75 bits per heavy atom. The maximum Gasteiger partial charge on any atom is 0.433 e. The van der Waals surface area contributed by atoms with E-state index in [0.29, 0.717) is 10.7 Å². The van der Waals surface area contributed by atoms with Crippen molar-refractivity contribution in [3.05, 3.63) is 40.0 Å². The van der Waals surface area contributed by atoms with Crippen LogP contribution in [-0.4, -0.2) is 9.97 Å². The van der Waals surface area contributed by atoms with Crippen molar-refractivity contribution in [2.24, 2.45) is 0 Å². The van der Waals surface area contributed by atoms with Crippen LogP contribution in [0.3, 0.4) is 0 Å². The molecule has 2 rings (SSSR count). The lowest BCUT2D eigenvalue weighted by Crippen LogP contribution is -2.12. The van der Waals surface area contributed by atoms with Crippen molar-refractivity contribution in [2.45, 2.75) is 6.18 Å². The number of hydrogen-bond donors (Lipinski definition) is 2. The highest BCUT2D eigenvalue weighted by molar-refractivity contribution is 6.42. The van der Waals surface area contributed by atoms with Crippen LogP contribution in [0.15, 0.2) is 24.3 Å². The first kappa shape index (κ1) is 14.7. The molecule has 0 fully saturated rings. The number of halogens is 5. The minimum atomic E-state index is -4.61. The lowest BCUT2D eigenvalue weighted by atomic mass is 10.3. The van der Waals surface area contributed by atoms with Gasteiger partial charge < -0.3 is 11.1 Å². The van der Waals surface area contributed by atoms with Gasteiger partial charge in [0.2, 0.25) is 5.95 Å². The van der Waals surface area contributed by atoms with Gasteiger partial charge in [0, 0.05) is 11.8 Å². The Bertz CT molecular complexity index is 646. The molecule has 0 aliphatic rings. The van der Waals surface area contributed by atoms with Crippen LogP contribution in [0.25, 0.3) is 0 Å². The number of rotatable bonds is 2. The minimum Gasteiger partial charge on any atom is -0.368 e. The van der Waals surface area contributed by atoms with E-state index < -0.39 is 17.8 Å². The van der Waals surface area contributed by atoms with Gasteiger partial charge in [0.15, 0.2) is 5.69 Å². The number of benzene rings is 1. The van der Waals surface area contributed by atoms with Gasteiger partial charge >= 0.3 is 6.18 Å². The summed E-state index contributed by atoms with van der Waals surface area (Å²) in [6.45, 7) is 0. The molecule has 20 heavy (non-hydrogen) atoms. The average molecular weight is 323 g/mol. The molecule has 4 nitrogen and oxygen atoms in total. The molecule has 0 aliphatic heterocycles. The summed E-state index contributed by atoms with van der Waals surface area (Å²) in [7, 11) is 0. The van der Waals surface area contributed by atoms with Crippen LogP contribution in [0.1, 0.15) is 5.69 Å². The topological polar surface area (TPSA) is 63.8 Å². The van der Waals surface area contributed by atoms with Crippen molar-refractivity contribution in [1.29, 1.82) is 0 Å². The van der Waals surface area contributed by atoms with Crippen molar-refractivity contribution in [3.63, 3.8) is 0 Å². The van der Waals surface area contributed by atoms with E-state index in [4.69, 9.17) is 28.9 Å². The lowest BCUT2D eigenvalue weighted by Gasteiger charge is -2.10. The molecular formula is C11H7Cl2F3N4. The van der Waals surface area contributed by atoms with Crippen LogP contribution in [0, 0.1) is 0 Å². The highest BCUT2D eigenvalue weighted by Crippen LogP contribution is 2.31. The van der Waals surface area contributed by atoms with E-state index in [9.17, 15) is 13.2 Å². The molecule has 106 valence electrons. The summed E-state index contributed by atoms with van der Waals surface area (Å²) in [4.78, 5) is 6.81. The molecule has 0 saturated carbocycles. The van der Waals surface area contributed by atoms with Gasteiger partial charge in [-0.2, -0.15) is 18.2 Å². The zero-order chi connectivity index (χ0) is 14.9. The number of anilines is 3. The summed E-state index contributed by atoms with van der Waals surface area (Å²) < 4.78 is 37.8. The minimum absolute atomic E-state index is 0.0942. The van der Waals surface area contributed by atoms with Gasteiger partial charge in [-0.25, -0.2) is 4.98 Å². The molecule has 0 aliphatic carbocycles. The SMILES string of the molecule is Nc1nc(Nc2ccc(Cl)c(Cl)c2)cc(C(F)(F)F)n1. The fraction of sp³-hybridized carbons (Fsp3) is 0.0909. The number of hydrogen-bond acceptors (Lipinski definition) is 4. The van der Waals surface area contributed by atoms with Gasteiger partial charge in [-0.05, 0) is 18.2 Å². The van der Waals surface area contributed by atoms with E-state index in [0.717, 1.165) is 6.07 Å². The molecule has 0 amide bonds. The molecule has 1 aromatic heterocycles. The number of nitrogens with zero attached hydrogens (tertiary/aromatic N) is 2. The Hall–Kier alpha value is -1.73. The summed E-state index contributed by atoms with van der Waals surface area (Å²) in [5.74, 6) is -0.578. The second-order valence-corrected chi connectivity index (χ2v) is 4.56. The normalized spacial score (nSPS) is 11.4. The fourth-order valence-electron chi connectivity index (χ4n) is 1.40. The predicted molar refractivity (Wildman–Crippen MR) is 71.2 cm³/mol. The van der Waals surface area contributed by atoms with Gasteiger partial charge in [0.25, 0.3) is 0 Å². The zero-order valence-corrected chi connectivity index (χ0v) is 11.2. The summed E-state index contributed by atoms with van der Waals surface area (Å²) in [5.41, 5.74) is 4.54. The van der Waals surface area contributed by atoms with E-state index in [2.05, 4.69) is 15.3 Å². The number of aromatic nitrogens is 2. The molecule has 1 heterocycles. The van der Waals surface area contributed by atoms with Crippen LogP contribution in [0.5, 0.6) is 0 Å². The van der Waals surface area contributed by atoms with Gasteiger partial charge in [-0.15, -0.1) is 0 Å². The Morgan fingerprint density at radius 3 is 2.35 bits per heavy atom. The summed E-state index contributed by atoms with van der Waals surface area (Å²) >= 11 is 11.5. The first-order chi connectivity index (χ1) is 9.25. The standard InChI is InChI=1S/C11H7Cl2F3N4/c12-6-2-1-5(3-7(6)13)18-9-4-8(11(14,15)16)19-10(17)20-9/h1-4H,(H3,17,18,19,20). The van der Waals surface area contributed by atoms with Crippen molar-refractivity contribution >= 4 is 40.7 Å². The third kappa shape index (κ3) is 3.43. The highest BCUT2D eigenvalue weighted by Gasteiger charge is 2.33. The molecule has 0 atom stereocenters. The van der Waals surface area contributed by atoms with Gasteiger partial charge in [-0.3, -0.25) is 0 Å². The summed E-state index contributed by atoms with van der Waals surface area (Å²) in [5, 5.41) is 3.24. The maximum atomic E-state index is 12.6. The highest BCUT2D eigenvalue weighted by atomic mass is 35.5. The van der Waals surface area contributed by atoms with Crippen LogP contribution in [0.2, 0.25) is 10.0 Å². The number of nitrogens with two attached hydrogens (primary N) is 1. The maximum absolute atomic E-state index is 12.6. The van der Waals surface area contributed by atoms with Crippen molar-refractivity contribution in [1.82, 2.24) is 9.97 Å². The van der Waals surface area contributed by atoms with E-state index in [1.165, 1.54) is 12.1 Å². The molecule has 9 heteroatoms. The monoisotopic (exact) mass is 322 g/mol. The Kier molecular flexibility index (Phi) is 3.92. The van der Waals surface area contributed by atoms with E-state index in [1.807, 2.05) is 0 Å². The lowest BCUT2D eigenvalue weighted by molar-refractivity contribution is -0.141. The molecule has 0 spiro atoms. The van der Waals surface area contributed by atoms with Gasteiger partial charge in [-0.1, -0.05) is 23.2 Å². The van der Waals surface area contributed by atoms with E-state index in [1.54, 1.807) is 6.07 Å². The second-order valence-electron chi connectivity index (χ2n) is 3.75. The van der Waals surface area contributed by atoms with Crippen molar-refractivity contribution in [2.75, 3.05) is 11.1 Å². The molecule has 3 N–H and O–H groups in total. The van der Waals surface area contributed by atoms with Gasteiger partial charge in [0.05, 0.1) is 10.0 Å². The van der Waals surface area contributed by atoms with Crippen LogP contribution in [-0.2, 0) is 6.18 Å². The largest absolute Gasteiger partial charge is 0.433 e. The quantitative estimate of drug-likeness (QED) is 0.872. The first-order valence-electron chi connectivity index (χ1n) is 5.19. The third-order valence-corrected chi connectivity index (χ3v) is 2.96. The van der Waals surface area contributed by atoms with Crippen LogP contribution < -0.4 is 11.1 Å². The predicted octanol–water partition coefficient (Wildman–Crippen LogP) is 4.13. The van der Waals surface area contributed by atoms with Crippen molar-refractivity contribution in [3.8, 4) is 0 Å². The van der Waals surface area contributed by atoms with E-state index in [-0.39, 0.29) is 10.8 Å². The first-order valence-corrected chi connectivity index (χ1v) is 5.95. The van der Waals surface area contributed by atoms with E-state index >= 15 is 0 Å². The summed E-state index contributed by atoms with van der Waals surface area (Å²) in [6.07, 6.45) is -4.61. The molecular weight excluding hydrogens is 316 g/mol. The number of nitrogens with one attached hydrogen (secondary N) is 1. The Labute approximate surface area is 121 Å². The third-order valence-electron chi connectivity index (χ3n) is 2.23. The fourth-order valence-corrected chi connectivity index (χ4v) is 1.69. The second kappa shape index (κ2) is 5.34. The number of alkyl halides is 3. The van der Waals surface area contributed by atoms with Crippen molar-refractivity contribution < 1.29 is 13.2 Å². The average Bonchev–Trinajstić information content (AvgIpc) is 2.32. The smallest absolute Gasteiger partial charge is 0.368 e. The number of nitrogen functional groups attached to an aromatic ring is 1. The van der Waals surface area contributed by atoms with Crippen LogP contribution in [0.4, 0.5) is 30.6 Å². The van der Waals surface area contributed by atoms with Crippen LogP contribution >= 0.6 is 23.2 Å². The summed E-state index contributed by atoms with van der Waals surface area (Å²) in [6, 6.07) is 5.25. The Balaban J connectivity index is 2.33. The molecule has 0 saturated heterocycles. The molecule has 0 bridgehead atoms. The zero-order valence-electron chi connectivity index (χ0n) is 9.67. The molecule has 0 radical (unpaired) electrons. The Morgan fingerprint density at radius 1 is 1.05 bits per heavy atom. The van der Waals surface area contributed by atoms with Gasteiger partial charge in [0.1, 0.15) is 5.82 Å². The molecule has 2 aromatic rings.